The number of carbonyl (C=O) groups is 2. The van der Waals surface area contributed by atoms with Gasteiger partial charge in [0.25, 0.3) is 16.8 Å². The number of rotatable bonds is 5. The lowest BCUT2D eigenvalue weighted by atomic mass is 10.1. The Morgan fingerprint density at radius 2 is 1.97 bits per heavy atom. The molecule has 8 nitrogen and oxygen atoms in total. The molecule has 0 spiro atoms. The first kappa shape index (κ1) is 20.7. The van der Waals surface area contributed by atoms with E-state index in [1.54, 1.807) is 30.3 Å². The number of nitro benzene ring substituents is 1. The molecule has 0 bridgehead atoms. The molecule has 31 heavy (non-hydrogen) atoms. The van der Waals surface area contributed by atoms with Crippen molar-refractivity contribution in [1.29, 1.82) is 0 Å². The van der Waals surface area contributed by atoms with Gasteiger partial charge in [-0.1, -0.05) is 17.7 Å². The summed E-state index contributed by atoms with van der Waals surface area (Å²) in [6.45, 7) is 0. The van der Waals surface area contributed by atoms with Crippen LogP contribution in [0.5, 0.6) is 5.75 Å². The van der Waals surface area contributed by atoms with Crippen LogP contribution in [0.4, 0.5) is 16.2 Å². The Labute approximate surface area is 185 Å². The molecule has 1 fully saturated rings. The number of benzene rings is 2. The van der Waals surface area contributed by atoms with E-state index in [-0.39, 0.29) is 10.6 Å². The van der Waals surface area contributed by atoms with Gasteiger partial charge in [0.1, 0.15) is 17.3 Å². The second-order valence-electron chi connectivity index (χ2n) is 6.34. The summed E-state index contributed by atoms with van der Waals surface area (Å²) in [5, 5.41) is 11.0. The van der Waals surface area contributed by atoms with Crippen molar-refractivity contribution >= 4 is 52.0 Å². The zero-order valence-electron chi connectivity index (χ0n) is 15.9. The lowest BCUT2D eigenvalue weighted by Crippen LogP contribution is -2.27. The highest BCUT2D eigenvalue weighted by molar-refractivity contribution is 8.19. The first-order valence-electron chi connectivity index (χ1n) is 8.83. The van der Waals surface area contributed by atoms with Crippen LogP contribution < -0.4 is 9.64 Å². The summed E-state index contributed by atoms with van der Waals surface area (Å²) in [4.78, 5) is 36.9. The minimum Gasteiger partial charge on any atom is -0.496 e. The van der Waals surface area contributed by atoms with Gasteiger partial charge in [-0.2, -0.15) is 0 Å². The highest BCUT2D eigenvalue weighted by Crippen LogP contribution is 2.38. The molecule has 2 amide bonds. The maximum Gasteiger partial charge on any atom is 0.298 e. The van der Waals surface area contributed by atoms with Crippen LogP contribution >= 0.6 is 23.4 Å². The Balaban J connectivity index is 1.65. The molecule has 0 atom stereocenters. The molecule has 2 aromatic carbocycles. The Morgan fingerprint density at radius 3 is 2.68 bits per heavy atom. The number of ether oxygens (including phenoxy) is 1. The predicted octanol–water partition coefficient (Wildman–Crippen LogP) is 5.76. The van der Waals surface area contributed by atoms with E-state index >= 15 is 0 Å². The Kier molecular flexibility index (Phi) is 5.53. The van der Waals surface area contributed by atoms with E-state index in [1.165, 1.54) is 37.5 Å². The lowest BCUT2D eigenvalue weighted by molar-refractivity contribution is -0.384. The van der Waals surface area contributed by atoms with Gasteiger partial charge in [0, 0.05) is 23.2 Å². The molecule has 0 unspecified atom stereocenters. The average Bonchev–Trinajstić information content (AvgIpc) is 3.31. The van der Waals surface area contributed by atoms with Crippen LogP contribution in [0.1, 0.15) is 5.76 Å². The number of non-ortho nitro benzene ring substituents is 1. The summed E-state index contributed by atoms with van der Waals surface area (Å²) < 4.78 is 11.0. The quantitative estimate of drug-likeness (QED) is 0.273. The Bertz CT molecular complexity index is 1250. The van der Waals surface area contributed by atoms with Gasteiger partial charge in [-0.15, -0.1) is 0 Å². The van der Waals surface area contributed by atoms with E-state index in [0.29, 0.717) is 33.5 Å². The van der Waals surface area contributed by atoms with Gasteiger partial charge < -0.3 is 9.15 Å². The minimum absolute atomic E-state index is 0.114. The van der Waals surface area contributed by atoms with Crippen molar-refractivity contribution in [2.24, 2.45) is 0 Å². The minimum atomic E-state index is -0.515. The van der Waals surface area contributed by atoms with Gasteiger partial charge in [0.15, 0.2) is 0 Å². The van der Waals surface area contributed by atoms with E-state index < -0.39 is 16.1 Å². The fourth-order valence-electron chi connectivity index (χ4n) is 3.01. The molecule has 4 rings (SSSR count). The number of nitrogens with zero attached hydrogens (tertiary/aromatic N) is 2. The largest absolute Gasteiger partial charge is 0.496 e. The van der Waals surface area contributed by atoms with Crippen LogP contribution in [0, 0.1) is 10.1 Å². The van der Waals surface area contributed by atoms with Crippen molar-refractivity contribution in [1.82, 2.24) is 0 Å². The average molecular weight is 457 g/mol. The summed E-state index contributed by atoms with van der Waals surface area (Å²) in [6.07, 6.45) is 1.45. The van der Waals surface area contributed by atoms with Crippen molar-refractivity contribution in [2.75, 3.05) is 12.0 Å². The lowest BCUT2D eigenvalue weighted by Gasteiger charge is -2.12. The summed E-state index contributed by atoms with van der Waals surface area (Å²) in [7, 11) is 1.44. The topological polar surface area (TPSA) is 103 Å². The summed E-state index contributed by atoms with van der Waals surface area (Å²) in [6, 6.07) is 13.8. The molecule has 156 valence electrons. The van der Waals surface area contributed by atoms with E-state index in [2.05, 4.69) is 0 Å². The molecule has 0 saturated carbocycles. The van der Waals surface area contributed by atoms with Gasteiger partial charge in [-0.05, 0) is 48.2 Å². The van der Waals surface area contributed by atoms with Gasteiger partial charge in [-0.3, -0.25) is 19.7 Å². The third kappa shape index (κ3) is 4.05. The maximum absolute atomic E-state index is 12.8. The first-order valence-corrected chi connectivity index (χ1v) is 10.0. The number of methoxy groups -OCH3 is 1. The molecule has 0 radical (unpaired) electrons. The maximum atomic E-state index is 12.8. The number of imide groups is 1. The summed E-state index contributed by atoms with van der Waals surface area (Å²) in [5.41, 5.74) is 0.652. The van der Waals surface area contributed by atoms with Crippen molar-refractivity contribution in [2.45, 2.75) is 0 Å². The standard InChI is InChI=1S/C21H13ClN2O6S/c1-29-17-7-5-14(24(27)28)10-16(17)18-8-6-15(30-18)11-19-20(25)23(21(26)31-19)13-4-2-3-12(22)9-13/h2-11H,1H3/b19-11+. The number of hydrogen-bond acceptors (Lipinski definition) is 7. The van der Waals surface area contributed by atoms with Crippen LogP contribution in [0.2, 0.25) is 5.02 Å². The predicted molar refractivity (Wildman–Crippen MR) is 117 cm³/mol. The van der Waals surface area contributed by atoms with E-state index in [1.807, 2.05) is 0 Å². The van der Waals surface area contributed by atoms with E-state index in [4.69, 9.17) is 20.8 Å². The Hall–Kier alpha value is -3.56. The number of carbonyl (C=O) groups excluding carboxylic acids is 2. The molecular weight excluding hydrogens is 444 g/mol. The van der Waals surface area contributed by atoms with Crippen LogP contribution in [-0.2, 0) is 4.79 Å². The number of furan rings is 1. The molecule has 0 N–H and O–H groups in total. The zero-order chi connectivity index (χ0) is 22.1. The Morgan fingerprint density at radius 1 is 1.16 bits per heavy atom. The molecule has 1 saturated heterocycles. The monoisotopic (exact) mass is 456 g/mol. The van der Waals surface area contributed by atoms with Gasteiger partial charge >= 0.3 is 0 Å². The molecule has 1 aliphatic heterocycles. The summed E-state index contributed by atoms with van der Waals surface area (Å²) >= 11 is 6.74. The highest BCUT2D eigenvalue weighted by Gasteiger charge is 2.36. The van der Waals surface area contributed by atoms with Crippen LogP contribution in [0.3, 0.4) is 0 Å². The third-order valence-corrected chi connectivity index (χ3v) is 5.52. The molecule has 3 aromatic rings. The second kappa shape index (κ2) is 8.29. The van der Waals surface area contributed by atoms with Crippen molar-refractivity contribution < 1.29 is 23.7 Å². The van der Waals surface area contributed by atoms with Crippen LogP contribution in [0.25, 0.3) is 17.4 Å². The number of halogens is 1. The van der Waals surface area contributed by atoms with Crippen LogP contribution in [-0.4, -0.2) is 23.2 Å². The fourth-order valence-corrected chi connectivity index (χ4v) is 4.02. The van der Waals surface area contributed by atoms with Crippen molar-refractivity contribution in [3.63, 3.8) is 0 Å². The van der Waals surface area contributed by atoms with Crippen LogP contribution in [0.15, 0.2) is 63.9 Å². The number of thioether (sulfide) groups is 1. The van der Waals surface area contributed by atoms with E-state index in [9.17, 15) is 19.7 Å². The van der Waals surface area contributed by atoms with E-state index in [0.717, 1.165) is 16.7 Å². The highest BCUT2D eigenvalue weighted by atomic mass is 35.5. The van der Waals surface area contributed by atoms with Gasteiger partial charge in [0.2, 0.25) is 0 Å². The molecule has 1 aromatic heterocycles. The fraction of sp³-hybridized carbons (Fsp3) is 0.0476. The van der Waals surface area contributed by atoms with Crippen molar-refractivity contribution in [3.8, 4) is 17.1 Å². The molecule has 10 heteroatoms. The van der Waals surface area contributed by atoms with Gasteiger partial charge in [-0.25, -0.2) is 4.90 Å². The number of anilines is 1. The number of amides is 2. The first-order chi connectivity index (χ1) is 14.9. The zero-order valence-corrected chi connectivity index (χ0v) is 17.5. The molecule has 2 heterocycles. The molecule has 1 aliphatic rings. The molecular formula is C21H13ClN2O6S. The van der Waals surface area contributed by atoms with Gasteiger partial charge in [0.05, 0.1) is 28.2 Å². The third-order valence-electron chi connectivity index (χ3n) is 4.42. The number of nitro groups is 1. The number of hydrogen-bond donors (Lipinski definition) is 0. The molecule has 0 aliphatic carbocycles. The second-order valence-corrected chi connectivity index (χ2v) is 7.77. The summed E-state index contributed by atoms with van der Waals surface area (Å²) in [5.74, 6) is 0.525. The smallest absolute Gasteiger partial charge is 0.298 e. The van der Waals surface area contributed by atoms with Crippen molar-refractivity contribution in [3.05, 3.63) is 80.4 Å². The SMILES string of the molecule is COc1ccc([N+](=O)[O-])cc1-c1ccc(/C=C2/SC(=O)N(c3cccc(Cl)c3)C2=O)o1. The normalized spacial score (nSPS) is 15.0.